The van der Waals surface area contributed by atoms with E-state index in [1.165, 1.54) is 0 Å². The minimum Gasteiger partial charge on any atom is -0.388 e. The van der Waals surface area contributed by atoms with E-state index in [1.54, 1.807) is 7.11 Å². The highest BCUT2D eigenvalue weighted by atomic mass is 16.5. The Labute approximate surface area is 80.3 Å². The van der Waals surface area contributed by atoms with Crippen LogP contribution in [0.4, 0.5) is 0 Å². The molecule has 1 rings (SSSR count). The van der Waals surface area contributed by atoms with Gasteiger partial charge in [0, 0.05) is 7.11 Å². The van der Waals surface area contributed by atoms with E-state index < -0.39 is 11.1 Å². The van der Waals surface area contributed by atoms with E-state index in [-0.39, 0.29) is 5.41 Å². The zero-order chi connectivity index (χ0) is 10.3. The van der Waals surface area contributed by atoms with Gasteiger partial charge in [-0.2, -0.15) is 0 Å². The lowest BCUT2D eigenvalue weighted by molar-refractivity contribution is -0.168. The second-order valence-corrected chi connectivity index (χ2v) is 5.40. The molecular formula is C10H21NO2. The Balaban J connectivity index is 2.62. The molecule has 0 heterocycles. The van der Waals surface area contributed by atoms with E-state index in [0.717, 1.165) is 12.8 Å². The van der Waals surface area contributed by atoms with E-state index >= 15 is 0 Å². The Morgan fingerprint density at radius 2 is 1.92 bits per heavy atom. The van der Waals surface area contributed by atoms with Gasteiger partial charge in [-0.25, -0.2) is 0 Å². The van der Waals surface area contributed by atoms with Crippen molar-refractivity contribution in [1.82, 2.24) is 0 Å². The van der Waals surface area contributed by atoms with Crippen LogP contribution in [-0.2, 0) is 4.74 Å². The maximum Gasteiger partial charge on any atom is 0.0856 e. The molecule has 1 aliphatic rings. The van der Waals surface area contributed by atoms with Gasteiger partial charge in [0.2, 0.25) is 0 Å². The van der Waals surface area contributed by atoms with Crippen LogP contribution in [0.3, 0.4) is 0 Å². The molecule has 0 aromatic heterocycles. The standard InChI is InChI=1S/C10H21NO2/c1-8(2)5-10(12,6-8)9(3,11)7-13-4/h12H,5-7,11H2,1-4H3. The molecule has 0 saturated heterocycles. The van der Waals surface area contributed by atoms with E-state index in [4.69, 9.17) is 10.5 Å². The molecular weight excluding hydrogens is 166 g/mol. The average Bonchev–Trinajstić information content (AvgIpc) is 1.81. The van der Waals surface area contributed by atoms with Gasteiger partial charge in [-0.05, 0) is 25.2 Å². The van der Waals surface area contributed by atoms with Gasteiger partial charge in [0.1, 0.15) is 0 Å². The molecule has 1 fully saturated rings. The largest absolute Gasteiger partial charge is 0.388 e. The van der Waals surface area contributed by atoms with Crippen molar-refractivity contribution in [2.24, 2.45) is 11.1 Å². The van der Waals surface area contributed by atoms with Crippen molar-refractivity contribution < 1.29 is 9.84 Å². The fourth-order valence-electron chi connectivity index (χ4n) is 2.37. The Morgan fingerprint density at radius 1 is 1.46 bits per heavy atom. The second kappa shape index (κ2) is 2.94. The zero-order valence-electron chi connectivity index (χ0n) is 9.05. The number of methoxy groups -OCH3 is 1. The molecule has 0 aromatic rings. The first-order valence-electron chi connectivity index (χ1n) is 4.73. The molecule has 0 aromatic carbocycles. The van der Waals surface area contributed by atoms with Crippen LogP contribution in [0.5, 0.6) is 0 Å². The number of hydrogen-bond donors (Lipinski definition) is 2. The first kappa shape index (κ1) is 11.0. The van der Waals surface area contributed by atoms with Crippen LogP contribution >= 0.6 is 0 Å². The average molecular weight is 187 g/mol. The summed E-state index contributed by atoms with van der Waals surface area (Å²) in [5, 5.41) is 10.2. The molecule has 1 aliphatic carbocycles. The first-order valence-corrected chi connectivity index (χ1v) is 4.73. The summed E-state index contributed by atoms with van der Waals surface area (Å²) < 4.78 is 5.01. The number of nitrogens with two attached hydrogens (primary N) is 1. The van der Waals surface area contributed by atoms with Crippen LogP contribution < -0.4 is 5.73 Å². The molecule has 1 saturated carbocycles. The summed E-state index contributed by atoms with van der Waals surface area (Å²) in [5.41, 5.74) is 4.87. The van der Waals surface area contributed by atoms with Gasteiger partial charge in [0.15, 0.2) is 0 Å². The maximum atomic E-state index is 10.2. The number of rotatable bonds is 3. The predicted octanol–water partition coefficient (Wildman–Crippen LogP) is 0.901. The van der Waals surface area contributed by atoms with Crippen molar-refractivity contribution in [3.05, 3.63) is 0 Å². The molecule has 0 radical (unpaired) electrons. The van der Waals surface area contributed by atoms with Crippen molar-refractivity contribution in [3.8, 4) is 0 Å². The van der Waals surface area contributed by atoms with E-state index in [2.05, 4.69) is 13.8 Å². The van der Waals surface area contributed by atoms with Crippen molar-refractivity contribution >= 4 is 0 Å². The van der Waals surface area contributed by atoms with Crippen LogP contribution in [0.1, 0.15) is 33.6 Å². The summed E-state index contributed by atoms with van der Waals surface area (Å²) >= 11 is 0. The third kappa shape index (κ3) is 1.87. The number of ether oxygens (including phenoxy) is 1. The van der Waals surface area contributed by atoms with Gasteiger partial charge in [-0.3, -0.25) is 0 Å². The van der Waals surface area contributed by atoms with E-state index in [1.807, 2.05) is 6.92 Å². The Kier molecular flexibility index (Phi) is 2.48. The molecule has 0 amide bonds. The van der Waals surface area contributed by atoms with Crippen molar-refractivity contribution in [1.29, 1.82) is 0 Å². The first-order chi connectivity index (χ1) is 5.72. The minimum absolute atomic E-state index is 0.225. The smallest absolute Gasteiger partial charge is 0.0856 e. The van der Waals surface area contributed by atoms with E-state index in [0.29, 0.717) is 6.61 Å². The zero-order valence-corrected chi connectivity index (χ0v) is 9.05. The fraction of sp³-hybridized carbons (Fsp3) is 1.00. The highest BCUT2D eigenvalue weighted by Gasteiger charge is 2.56. The van der Waals surface area contributed by atoms with Crippen LogP contribution in [-0.4, -0.2) is 30.0 Å². The molecule has 3 nitrogen and oxygen atoms in total. The topological polar surface area (TPSA) is 55.5 Å². The monoisotopic (exact) mass is 187 g/mol. The van der Waals surface area contributed by atoms with Crippen LogP contribution in [0.25, 0.3) is 0 Å². The summed E-state index contributed by atoms with van der Waals surface area (Å²) in [7, 11) is 1.61. The van der Waals surface area contributed by atoms with Gasteiger partial charge in [0.05, 0.1) is 17.7 Å². The molecule has 13 heavy (non-hydrogen) atoms. The Bertz CT molecular complexity index is 191. The predicted molar refractivity (Wildman–Crippen MR) is 52.4 cm³/mol. The third-order valence-electron chi connectivity index (χ3n) is 3.05. The van der Waals surface area contributed by atoms with Crippen molar-refractivity contribution in [2.45, 2.75) is 44.8 Å². The summed E-state index contributed by atoms with van der Waals surface area (Å²) in [6.07, 6.45) is 1.52. The highest BCUT2D eigenvalue weighted by molar-refractivity contribution is 5.11. The van der Waals surface area contributed by atoms with Gasteiger partial charge < -0.3 is 15.6 Å². The summed E-state index contributed by atoms with van der Waals surface area (Å²) in [6.45, 7) is 6.54. The third-order valence-corrected chi connectivity index (χ3v) is 3.05. The fourth-order valence-corrected chi connectivity index (χ4v) is 2.37. The molecule has 1 unspecified atom stereocenters. The van der Waals surface area contributed by atoms with Gasteiger partial charge >= 0.3 is 0 Å². The second-order valence-electron chi connectivity index (χ2n) is 5.40. The maximum absolute atomic E-state index is 10.2. The van der Waals surface area contributed by atoms with Gasteiger partial charge in [0.25, 0.3) is 0 Å². The molecule has 0 aliphatic heterocycles. The molecule has 0 bridgehead atoms. The summed E-state index contributed by atoms with van der Waals surface area (Å²) in [4.78, 5) is 0. The number of aliphatic hydroxyl groups is 1. The lowest BCUT2D eigenvalue weighted by Gasteiger charge is -2.56. The number of hydrogen-bond acceptors (Lipinski definition) is 3. The van der Waals surface area contributed by atoms with Gasteiger partial charge in [-0.15, -0.1) is 0 Å². The van der Waals surface area contributed by atoms with E-state index in [9.17, 15) is 5.11 Å². The molecule has 78 valence electrons. The van der Waals surface area contributed by atoms with Crippen LogP contribution in [0, 0.1) is 5.41 Å². The summed E-state index contributed by atoms with van der Waals surface area (Å²) in [6, 6.07) is 0. The van der Waals surface area contributed by atoms with Crippen LogP contribution in [0.2, 0.25) is 0 Å². The normalized spacial score (nSPS) is 29.1. The SMILES string of the molecule is COCC(C)(N)C1(O)CC(C)(C)C1. The molecule has 0 spiro atoms. The lowest BCUT2D eigenvalue weighted by atomic mass is 9.55. The molecule has 1 atom stereocenters. The quantitative estimate of drug-likeness (QED) is 0.690. The minimum atomic E-state index is -0.744. The lowest BCUT2D eigenvalue weighted by Crippen LogP contribution is -2.68. The van der Waals surface area contributed by atoms with Crippen molar-refractivity contribution in [3.63, 3.8) is 0 Å². The Hall–Kier alpha value is -0.120. The van der Waals surface area contributed by atoms with Crippen molar-refractivity contribution in [2.75, 3.05) is 13.7 Å². The van der Waals surface area contributed by atoms with Gasteiger partial charge in [-0.1, -0.05) is 13.8 Å². The summed E-state index contributed by atoms with van der Waals surface area (Å²) in [5.74, 6) is 0. The molecule has 3 N–H and O–H groups in total. The Morgan fingerprint density at radius 3 is 2.23 bits per heavy atom. The molecule has 3 heteroatoms. The van der Waals surface area contributed by atoms with Crippen LogP contribution in [0.15, 0.2) is 0 Å². The highest BCUT2D eigenvalue weighted by Crippen LogP contribution is 2.52.